The molecule has 0 aromatic heterocycles. The molecular weight excluding hydrogens is 198 g/mol. The fraction of sp³-hybridized carbons (Fsp3) is 0.778. The molecule has 6 nitrogen and oxygen atoms in total. The van der Waals surface area contributed by atoms with Gasteiger partial charge < -0.3 is 21.5 Å². The Bertz CT molecular complexity index is 221. The van der Waals surface area contributed by atoms with Gasteiger partial charge in [0.05, 0.1) is 13.1 Å². The lowest BCUT2D eigenvalue weighted by Crippen LogP contribution is -2.44. The van der Waals surface area contributed by atoms with E-state index in [4.69, 9.17) is 10.8 Å². The lowest BCUT2D eigenvalue weighted by atomic mass is 10.1. The maximum atomic E-state index is 11.2. The van der Waals surface area contributed by atoms with E-state index < -0.39 is 0 Å². The van der Waals surface area contributed by atoms with Gasteiger partial charge in [0.2, 0.25) is 11.8 Å². The quantitative estimate of drug-likeness (QED) is 0.421. The summed E-state index contributed by atoms with van der Waals surface area (Å²) in [7, 11) is 0. The molecule has 5 N–H and O–H groups in total. The van der Waals surface area contributed by atoms with Crippen molar-refractivity contribution in [2.45, 2.75) is 19.9 Å². The molecule has 0 saturated heterocycles. The fourth-order valence-electron chi connectivity index (χ4n) is 0.856. The van der Waals surface area contributed by atoms with Crippen LogP contribution in [-0.2, 0) is 9.59 Å². The van der Waals surface area contributed by atoms with Gasteiger partial charge in [-0.2, -0.15) is 0 Å². The second-order valence-electron chi connectivity index (χ2n) is 3.50. The number of hydrogen-bond acceptors (Lipinski definition) is 4. The van der Waals surface area contributed by atoms with Crippen molar-refractivity contribution >= 4 is 11.8 Å². The van der Waals surface area contributed by atoms with Gasteiger partial charge in [-0.05, 0) is 12.8 Å². The van der Waals surface area contributed by atoms with E-state index in [0.29, 0.717) is 0 Å². The molecule has 0 radical (unpaired) electrons. The number of aliphatic hydroxyl groups is 1. The Hall–Kier alpha value is -1.14. The van der Waals surface area contributed by atoms with Crippen LogP contribution in [0.5, 0.6) is 0 Å². The molecule has 6 heteroatoms. The van der Waals surface area contributed by atoms with E-state index in [1.54, 1.807) is 6.92 Å². The summed E-state index contributed by atoms with van der Waals surface area (Å²) in [6.07, 6.45) is 0. The monoisotopic (exact) mass is 217 g/mol. The van der Waals surface area contributed by atoms with E-state index in [2.05, 4.69) is 10.6 Å². The Morgan fingerprint density at radius 3 is 2.40 bits per heavy atom. The van der Waals surface area contributed by atoms with Crippen LogP contribution in [0.3, 0.4) is 0 Å². The van der Waals surface area contributed by atoms with Gasteiger partial charge in [-0.15, -0.1) is 0 Å². The van der Waals surface area contributed by atoms with Gasteiger partial charge in [-0.1, -0.05) is 6.92 Å². The number of hydrogen-bond donors (Lipinski definition) is 4. The first kappa shape index (κ1) is 13.9. The Morgan fingerprint density at radius 2 is 1.93 bits per heavy atom. The third kappa shape index (κ3) is 6.03. The average molecular weight is 217 g/mol. The molecule has 2 atom stereocenters. The number of nitrogens with one attached hydrogen (secondary N) is 2. The normalized spacial score (nSPS) is 14.1. The molecule has 88 valence electrons. The minimum atomic E-state index is -0.368. The van der Waals surface area contributed by atoms with E-state index in [-0.39, 0.29) is 43.5 Å². The Balaban J connectivity index is 3.78. The minimum Gasteiger partial charge on any atom is -0.396 e. The molecule has 2 amide bonds. The van der Waals surface area contributed by atoms with Crippen LogP contribution >= 0.6 is 0 Å². The standard InChI is InChI=1S/C9H19N3O3/c1-6(5-13)7(2)12-9(15)4-11-8(14)3-10/h6-7,13H,3-5,10H2,1-2H3,(H,11,14)(H,12,15). The lowest BCUT2D eigenvalue weighted by Gasteiger charge is -2.19. The molecule has 0 aromatic carbocycles. The van der Waals surface area contributed by atoms with E-state index >= 15 is 0 Å². The summed E-state index contributed by atoms with van der Waals surface area (Å²) in [5, 5.41) is 13.8. The number of amides is 2. The van der Waals surface area contributed by atoms with Crippen molar-refractivity contribution in [3.8, 4) is 0 Å². The highest BCUT2D eigenvalue weighted by atomic mass is 16.3. The van der Waals surface area contributed by atoms with Crippen LogP contribution < -0.4 is 16.4 Å². The number of nitrogens with two attached hydrogens (primary N) is 1. The Labute approximate surface area is 89.2 Å². The van der Waals surface area contributed by atoms with Crippen molar-refractivity contribution in [3.05, 3.63) is 0 Å². The molecular formula is C9H19N3O3. The maximum Gasteiger partial charge on any atom is 0.239 e. The highest BCUT2D eigenvalue weighted by molar-refractivity contribution is 5.85. The van der Waals surface area contributed by atoms with Crippen LogP contribution in [0.2, 0.25) is 0 Å². The molecule has 0 aliphatic heterocycles. The number of carbonyl (C=O) groups is 2. The molecule has 2 unspecified atom stereocenters. The molecule has 0 spiro atoms. The zero-order valence-corrected chi connectivity index (χ0v) is 9.12. The van der Waals surface area contributed by atoms with Crippen LogP contribution in [0.25, 0.3) is 0 Å². The average Bonchev–Trinajstić information content (AvgIpc) is 2.24. The van der Waals surface area contributed by atoms with Gasteiger partial charge in [0.25, 0.3) is 0 Å². The van der Waals surface area contributed by atoms with Gasteiger partial charge in [-0.3, -0.25) is 9.59 Å². The topological polar surface area (TPSA) is 104 Å². The van der Waals surface area contributed by atoms with Crippen molar-refractivity contribution in [1.29, 1.82) is 0 Å². The largest absolute Gasteiger partial charge is 0.396 e. The highest BCUT2D eigenvalue weighted by Gasteiger charge is 2.13. The SMILES string of the molecule is CC(CO)C(C)NC(=O)CNC(=O)CN. The summed E-state index contributed by atoms with van der Waals surface area (Å²) < 4.78 is 0. The van der Waals surface area contributed by atoms with Crippen molar-refractivity contribution in [2.75, 3.05) is 19.7 Å². The maximum absolute atomic E-state index is 11.2. The number of carbonyl (C=O) groups excluding carboxylic acids is 2. The molecule has 0 aliphatic carbocycles. The molecule has 0 rings (SSSR count). The van der Waals surface area contributed by atoms with Crippen LogP contribution in [0.1, 0.15) is 13.8 Å². The van der Waals surface area contributed by atoms with Gasteiger partial charge in [-0.25, -0.2) is 0 Å². The summed E-state index contributed by atoms with van der Waals surface area (Å²) in [5.74, 6) is -0.670. The summed E-state index contributed by atoms with van der Waals surface area (Å²) in [6.45, 7) is 3.41. The molecule has 0 aromatic rings. The smallest absolute Gasteiger partial charge is 0.239 e. The molecule has 0 bridgehead atoms. The third-order valence-electron chi connectivity index (χ3n) is 2.16. The summed E-state index contributed by atoms with van der Waals surface area (Å²) in [6, 6.07) is -0.128. The van der Waals surface area contributed by atoms with E-state index in [9.17, 15) is 9.59 Å². The van der Waals surface area contributed by atoms with Crippen molar-refractivity contribution in [2.24, 2.45) is 11.7 Å². The first-order valence-electron chi connectivity index (χ1n) is 4.88. The van der Waals surface area contributed by atoms with Crippen LogP contribution in [0.4, 0.5) is 0 Å². The number of aliphatic hydroxyl groups excluding tert-OH is 1. The van der Waals surface area contributed by atoms with Crippen LogP contribution in [0, 0.1) is 5.92 Å². The number of rotatable bonds is 6. The predicted molar refractivity (Wildman–Crippen MR) is 55.9 cm³/mol. The summed E-state index contributed by atoms with van der Waals surface area (Å²) in [5.41, 5.74) is 5.05. The van der Waals surface area contributed by atoms with Crippen molar-refractivity contribution in [3.63, 3.8) is 0 Å². The molecule has 15 heavy (non-hydrogen) atoms. The lowest BCUT2D eigenvalue weighted by molar-refractivity contribution is -0.125. The van der Waals surface area contributed by atoms with E-state index in [0.717, 1.165) is 0 Å². The fourth-order valence-corrected chi connectivity index (χ4v) is 0.856. The van der Waals surface area contributed by atoms with Crippen LogP contribution in [-0.4, -0.2) is 42.7 Å². The summed E-state index contributed by atoms with van der Waals surface area (Å²) >= 11 is 0. The van der Waals surface area contributed by atoms with Gasteiger partial charge >= 0.3 is 0 Å². The van der Waals surface area contributed by atoms with Gasteiger partial charge in [0.1, 0.15) is 0 Å². The Kier molecular flexibility index (Phi) is 6.64. The molecule has 0 aliphatic rings. The van der Waals surface area contributed by atoms with E-state index in [1.807, 2.05) is 6.92 Å². The predicted octanol–water partition coefficient (Wildman–Crippen LogP) is -1.81. The van der Waals surface area contributed by atoms with E-state index in [1.165, 1.54) is 0 Å². The highest BCUT2D eigenvalue weighted by Crippen LogP contribution is 1.99. The third-order valence-corrected chi connectivity index (χ3v) is 2.16. The van der Waals surface area contributed by atoms with Gasteiger partial charge in [0.15, 0.2) is 0 Å². The van der Waals surface area contributed by atoms with Crippen molar-refractivity contribution in [1.82, 2.24) is 10.6 Å². The minimum absolute atomic E-state index is 0.0105. The molecule has 0 saturated carbocycles. The first-order chi connectivity index (χ1) is 7.01. The molecule has 0 fully saturated rings. The summed E-state index contributed by atoms with van der Waals surface area (Å²) in [4.78, 5) is 22.0. The zero-order valence-electron chi connectivity index (χ0n) is 9.12. The zero-order chi connectivity index (χ0) is 11.8. The Morgan fingerprint density at radius 1 is 1.33 bits per heavy atom. The molecule has 0 heterocycles. The van der Waals surface area contributed by atoms with Crippen LogP contribution in [0.15, 0.2) is 0 Å². The van der Waals surface area contributed by atoms with Crippen molar-refractivity contribution < 1.29 is 14.7 Å². The van der Waals surface area contributed by atoms with Gasteiger partial charge in [0, 0.05) is 12.6 Å². The first-order valence-corrected chi connectivity index (χ1v) is 4.88. The second kappa shape index (κ2) is 7.19. The second-order valence-corrected chi connectivity index (χ2v) is 3.50.